The summed E-state index contributed by atoms with van der Waals surface area (Å²) >= 11 is 0. The summed E-state index contributed by atoms with van der Waals surface area (Å²) in [5.74, 6) is 0. The van der Waals surface area contributed by atoms with Gasteiger partial charge in [0.05, 0.1) is 6.07 Å². The van der Waals surface area contributed by atoms with Crippen LogP contribution in [0.2, 0.25) is 0 Å². The molecule has 0 aromatic heterocycles. The van der Waals surface area contributed by atoms with E-state index in [1.165, 1.54) is 6.92 Å². The molecule has 7 heteroatoms. The van der Waals surface area contributed by atoms with E-state index in [-0.39, 0.29) is 18.9 Å². The Kier molecular flexibility index (Phi) is 13.9. The second-order valence-electron chi connectivity index (χ2n) is 0.718. The molecule has 0 fully saturated rings. The van der Waals surface area contributed by atoms with Crippen LogP contribution in [-0.2, 0) is 0 Å². The molecule has 0 atom stereocenters. The van der Waals surface area contributed by atoms with Gasteiger partial charge in [0, 0.05) is 6.92 Å². The van der Waals surface area contributed by atoms with Gasteiger partial charge >= 0.3 is 26.1 Å². The third-order valence-corrected chi connectivity index (χ3v) is 0. The van der Waals surface area contributed by atoms with E-state index in [4.69, 9.17) is 5.26 Å². The fraction of sp³-hybridized carbons (Fsp3) is 0.500. The Morgan fingerprint density at radius 3 is 1.22 bits per heavy atom. The van der Waals surface area contributed by atoms with Gasteiger partial charge in [-0.2, -0.15) is 5.26 Å². The predicted molar refractivity (Wildman–Crippen MR) is 21.5 cm³/mol. The first kappa shape index (κ1) is 15.9. The molecular formula is C2H3BF4LiN. The van der Waals surface area contributed by atoms with E-state index < -0.39 is 7.25 Å². The van der Waals surface area contributed by atoms with Crippen LogP contribution in [0.1, 0.15) is 6.92 Å². The van der Waals surface area contributed by atoms with E-state index in [0.29, 0.717) is 0 Å². The van der Waals surface area contributed by atoms with Gasteiger partial charge in [-0.25, -0.2) is 0 Å². The van der Waals surface area contributed by atoms with E-state index in [2.05, 4.69) is 0 Å². The van der Waals surface area contributed by atoms with Crippen LogP contribution in [0.4, 0.5) is 17.3 Å². The maximum atomic E-state index is 9.75. The molecule has 9 heavy (non-hydrogen) atoms. The zero-order chi connectivity index (χ0) is 7.21. The number of nitriles is 1. The third kappa shape index (κ3) is 16700. The topological polar surface area (TPSA) is 23.8 Å². The van der Waals surface area contributed by atoms with Crippen LogP contribution in [0.3, 0.4) is 0 Å². The molecule has 48 valence electrons. The molecule has 0 saturated carbocycles. The van der Waals surface area contributed by atoms with E-state index >= 15 is 0 Å². The van der Waals surface area contributed by atoms with Crippen LogP contribution in [0.25, 0.3) is 0 Å². The monoisotopic (exact) mass is 135 g/mol. The SMILES string of the molecule is CC#N.F[B-](F)(F)F.[Li+]. The summed E-state index contributed by atoms with van der Waals surface area (Å²) in [5.41, 5.74) is 0. The minimum atomic E-state index is -6.00. The van der Waals surface area contributed by atoms with E-state index in [9.17, 15) is 17.3 Å². The van der Waals surface area contributed by atoms with Crippen molar-refractivity contribution in [2.75, 3.05) is 0 Å². The van der Waals surface area contributed by atoms with Crippen molar-refractivity contribution in [1.29, 1.82) is 5.26 Å². The number of rotatable bonds is 0. The largest absolute Gasteiger partial charge is 1.00 e. The van der Waals surface area contributed by atoms with Gasteiger partial charge in [-0.05, 0) is 0 Å². The normalized spacial score (nSPS) is 7.56. The standard InChI is InChI=1S/C2H3N.BF4.Li/c1-2-3;2-1(3,4)5;/h1H3;;/q;-1;+1. The molecule has 0 radical (unpaired) electrons. The molecule has 0 N–H and O–H groups in total. The fourth-order valence-corrected chi connectivity index (χ4v) is 0. The molecule has 0 aromatic rings. The number of halogens is 4. The van der Waals surface area contributed by atoms with Gasteiger partial charge in [0.2, 0.25) is 0 Å². The Morgan fingerprint density at radius 2 is 1.22 bits per heavy atom. The van der Waals surface area contributed by atoms with Crippen molar-refractivity contribution in [3.8, 4) is 6.07 Å². The van der Waals surface area contributed by atoms with Crippen molar-refractivity contribution in [2.24, 2.45) is 0 Å². The third-order valence-electron chi connectivity index (χ3n) is 0. The average Bonchev–Trinajstić information content (AvgIpc) is 1.27. The summed E-state index contributed by atoms with van der Waals surface area (Å²) in [7, 11) is -6.00. The second-order valence-corrected chi connectivity index (χ2v) is 0.718. The predicted octanol–water partition coefficient (Wildman–Crippen LogP) is -1.17. The van der Waals surface area contributed by atoms with Gasteiger partial charge in [-0.1, -0.05) is 0 Å². The molecule has 0 spiro atoms. The number of nitrogens with zero attached hydrogens (tertiary/aromatic N) is 1. The van der Waals surface area contributed by atoms with Gasteiger partial charge < -0.3 is 17.3 Å². The van der Waals surface area contributed by atoms with Crippen LogP contribution in [-0.4, -0.2) is 7.25 Å². The van der Waals surface area contributed by atoms with Gasteiger partial charge in [0.15, 0.2) is 0 Å². The molecule has 0 unspecified atom stereocenters. The van der Waals surface area contributed by atoms with Gasteiger partial charge in [0.1, 0.15) is 0 Å². The molecule has 0 bridgehead atoms. The summed E-state index contributed by atoms with van der Waals surface area (Å²) < 4.78 is 39.0. The second kappa shape index (κ2) is 7.87. The van der Waals surface area contributed by atoms with Gasteiger partial charge in [0.25, 0.3) is 0 Å². The van der Waals surface area contributed by atoms with E-state index in [1.807, 2.05) is 0 Å². The molecular weight excluding hydrogens is 132 g/mol. The molecule has 0 aliphatic rings. The zero-order valence-electron chi connectivity index (χ0n) is 5.04. The summed E-state index contributed by atoms with van der Waals surface area (Å²) in [5, 5.41) is 7.32. The Labute approximate surface area is 62.3 Å². The van der Waals surface area contributed by atoms with E-state index in [1.54, 1.807) is 6.07 Å². The zero-order valence-corrected chi connectivity index (χ0v) is 5.04. The quantitative estimate of drug-likeness (QED) is 0.303. The number of hydrogen-bond donors (Lipinski definition) is 0. The van der Waals surface area contributed by atoms with Crippen LogP contribution in [0.5, 0.6) is 0 Å². The van der Waals surface area contributed by atoms with Crippen molar-refractivity contribution in [1.82, 2.24) is 0 Å². The first-order chi connectivity index (χ1) is 3.41. The van der Waals surface area contributed by atoms with Gasteiger partial charge in [-0.3, -0.25) is 0 Å². The Morgan fingerprint density at radius 1 is 1.22 bits per heavy atom. The van der Waals surface area contributed by atoms with Crippen molar-refractivity contribution >= 4 is 7.25 Å². The summed E-state index contributed by atoms with van der Waals surface area (Å²) in [6.07, 6.45) is 0. The minimum Gasteiger partial charge on any atom is -0.418 e. The molecule has 0 aliphatic carbocycles. The molecule has 0 rings (SSSR count). The van der Waals surface area contributed by atoms with Crippen LogP contribution in [0.15, 0.2) is 0 Å². The Hall–Kier alpha value is -0.128. The van der Waals surface area contributed by atoms with Crippen LogP contribution in [0, 0.1) is 11.3 Å². The average molecular weight is 135 g/mol. The van der Waals surface area contributed by atoms with Crippen LogP contribution < -0.4 is 18.9 Å². The molecule has 0 aliphatic heterocycles. The molecule has 0 amide bonds. The Bertz CT molecular complexity index is 79.5. The minimum absolute atomic E-state index is 0. The molecule has 0 heterocycles. The summed E-state index contributed by atoms with van der Waals surface area (Å²) in [4.78, 5) is 0. The first-order valence-electron chi connectivity index (χ1n) is 1.60. The maximum absolute atomic E-state index is 9.75. The summed E-state index contributed by atoms with van der Waals surface area (Å²) in [6.45, 7) is 1.43. The number of hydrogen-bond acceptors (Lipinski definition) is 1. The van der Waals surface area contributed by atoms with Crippen molar-refractivity contribution in [2.45, 2.75) is 6.92 Å². The summed E-state index contributed by atoms with van der Waals surface area (Å²) in [6, 6.07) is 1.75. The molecule has 1 nitrogen and oxygen atoms in total. The van der Waals surface area contributed by atoms with Crippen molar-refractivity contribution < 1.29 is 36.1 Å². The van der Waals surface area contributed by atoms with Crippen molar-refractivity contribution in [3.63, 3.8) is 0 Å². The van der Waals surface area contributed by atoms with E-state index in [0.717, 1.165) is 0 Å². The smallest absolute Gasteiger partial charge is 0.418 e. The maximum Gasteiger partial charge on any atom is 1.00 e. The van der Waals surface area contributed by atoms with Crippen LogP contribution >= 0.6 is 0 Å². The fourth-order valence-electron chi connectivity index (χ4n) is 0. The van der Waals surface area contributed by atoms with Gasteiger partial charge in [-0.15, -0.1) is 0 Å². The first-order valence-corrected chi connectivity index (χ1v) is 1.60. The Balaban J connectivity index is -0.0000000800. The van der Waals surface area contributed by atoms with Crippen molar-refractivity contribution in [3.05, 3.63) is 0 Å². The molecule has 0 saturated heterocycles. The molecule has 0 aromatic carbocycles.